The number of pyridine rings is 1. The highest BCUT2D eigenvalue weighted by Gasteiger charge is 2.13. The van der Waals surface area contributed by atoms with Crippen molar-refractivity contribution < 1.29 is 0 Å². The Morgan fingerprint density at radius 1 is 1.20 bits per heavy atom. The molecule has 0 aliphatic carbocycles. The van der Waals surface area contributed by atoms with Crippen molar-refractivity contribution in [3.63, 3.8) is 0 Å². The normalized spacial score (nSPS) is 11.2. The molecule has 0 fully saturated rings. The van der Waals surface area contributed by atoms with Gasteiger partial charge in [-0.3, -0.25) is 10.4 Å². The van der Waals surface area contributed by atoms with Gasteiger partial charge in [0.2, 0.25) is 5.13 Å². The number of hydrazone groups is 1. The third-order valence-electron chi connectivity index (χ3n) is 4.01. The van der Waals surface area contributed by atoms with Crippen molar-refractivity contribution in [3.8, 4) is 11.3 Å². The zero-order valence-electron chi connectivity index (χ0n) is 14.8. The van der Waals surface area contributed by atoms with Gasteiger partial charge < -0.3 is 0 Å². The molecular formula is C20H22N4S. The Morgan fingerprint density at radius 2 is 2.08 bits per heavy atom. The maximum atomic E-state index is 4.78. The van der Waals surface area contributed by atoms with E-state index in [2.05, 4.69) is 54.5 Å². The minimum Gasteiger partial charge on any atom is -0.264 e. The summed E-state index contributed by atoms with van der Waals surface area (Å²) in [5.41, 5.74) is 8.84. The van der Waals surface area contributed by atoms with E-state index < -0.39 is 0 Å². The topological polar surface area (TPSA) is 50.2 Å². The second kappa shape index (κ2) is 8.03. The first-order valence-corrected chi connectivity index (χ1v) is 9.25. The summed E-state index contributed by atoms with van der Waals surface area (Å²) >= 11 is 1.67. The maximum Gasteiger partial charge on any atom is 0.204 e. The molecule has 3 rings (SSSR count). The van der Waals surface area contributed by atoms with Crippen molar-refractivity contribution in [2.24, 2.45) is 5.10 Å². The summed E-state index contributed by atoms with van der Waals surface area (Å²) in [5, 5.41) is 5.10. The van der Waals surface area contributed by atoms with Gasteiger partial charge in [0, 0.05) is 28.4 Å². The molecule has 0 spiro atoms. The lowest BCUT2D eigenvalue weighted by atomic mass is 10.0. The quantitative estimate of drug-likeness (QED) is 0.490. The zero-order chi connectivity index (χ0) is 17.6. The lowest BCUT2D eigenvalue weighted by Gasteiger charge is -2.05. The second-order valence-corrected chi connectivity index (χ2v) is 7.08. The monoisotopic (exact) mass is 350 g/mol. The van der Waals surface area contributed by atoms with E-state index in [4.69, 9.17) is 4.98 Å². The molecule has 1 aromatic carbocycles. The van der Waals surface area contributed by atoms with E-state index in [9.17, 15) is 0 Å². The van der Waals surface area contributed by atoms with E-state index in [1.54, 1.807) is 29.9 Å². The molecular weight excluding hydrogens is 328 g/mol. The smallest absolute Gasteiger partial charge is 0.204 e. The molecule has 0 saturated carbocycles. The maximum absolute atomic E-state index is 4.78. The molecule has 0 unspecified atom stereocenters. The SMILES string of the molecule is CCCc1sc(NN=Cc2cccnc2)nc1-c1ccc(C)c(C)c1. The van der Waals surface area contributed by atoms with Gasteiger partial charge in [0.05, 0.1) is 11.9 Å². The highest BCUT2D eigenvalue weighted by Crippen LogP contribution is 2.33. The molecule has 128 valence electrons. The molecule has 0 aliphatic heterocycles. The average Bonchev–Trinajstić information content (AvgIpc) is 3.01. The van der Waals surface area contributed by atoms with Gasteiger partial charge in [-0.2, -0.15) is 5.10 Å². The van der Waals surface area contributed by atoms with Crippen LogP contribution in [0.5, 0.6) is 0 Å². The minimum atomic E-state index is 0.816. The van der Waals surface area contributed by atoms with Gasteiger partial charge in [-0.1, -0.05) is 42.9 Å². The molecule has 0 aliphatic rings. The van der Waals surface area contributed by atoms with Crippen LogP contribution in [0.4, 0.5) is 5.13 Å². The number of hydrogen-bond donors (Lipinski definition) is 1. The number of nitrogens with one attached hydrogen (secondary N) is 1. The molecule has 2 heterocycles. The summed E-state index contributed by atoms with van der Waals surface area (Å²) in [6, 6.07) is 10.4. The van der Waals surface area contributed by atoms with Crippen LogP contribution in [-0.2, 0) is 6.42 Å². The molecule has 0 amide bonds. The molecule has 0 bridgehead atoms. The summed E-state index contributed by atoms with van der Waals surface area (Å²) < 4.78 is 0. The number of benzene rings is 1. The van der Waals surface area contributed by atoms with Gasteiger partial charge in [0.25, 0.3) is 0 Å². The Balaban J connectivity index is 1.84. The van der Waals surface area contributed by atoms with E-state index in [1.807, 2.05) is 12.1 Å². The minimum absolute atomic E-state index is 0.816. The van der Waals surface area contributed by atoms with E-state index in [0.717, 1.165) is 29.2 Å². The Morgan fingerprint density at radius 3 is 2.80 bits per heavy atom. The number of anilines is 1. The standard InChI is InChI=1S/C20H22N4S/c1-4-6-18-19(17-9-8-14(2)15(3)11-17)23-20(25-18)24-22-13-16-7-5-10-21-12-16/h5,7-13H,4,6H2,1-3H3,(H,23,24). The fourth-order valence-electron chi connectivity index (χ4n) is 2.52. The number of aromatic nitrogens is 2. The van der Waals surface area contributed by atoms with Crippen LogP contribution in [0.2, 0.25) is 0 Å². The first-order chi connectivity index (χ1) is 12.2. The van der Waals surface area contributed by atoms with E-state index in [1.165, 1.54) is 21.6 Å². The Labute approximate surface area is 152 Å². The largest absolute Gasteiger partial charge is 0.264 e. The summed E-state index contributed by atoms with van der Waals surface area (Å²) in [4.78, 5) is 10.2. The molecule has 1 N–H and O–H groups in total. The van der Waals surface area contributed by atoms with Gasteiger partial charge in [0.1, 0.15) is 0 Å². The molecule has 2 aromatic heterocycles. The van der Waals surface area contributed by atoms with Crippen LogP contribution in [0.3, 0.4) is 0 Å². The first-order valence-electron chi connectivity index (χ1n) is 8.44. The van der Waals surface area contributed by atoms with Gasteiger partial charge in [-0.05, 0) is 43.5 Å². The van der Waals surface area contributed by atoms with Crippen molar-refractivity contribution in [1.29, 1.82) is 0 Å². The number of nitrogens with zero attached hydrogens (tertiary/aromatic N) is 3. The van der Waals surface area contributed by atoms with Crippen molar-refractivity contribution in [3.05, 3.63) is 64.3 Å². The van der Waals surface area contributed by atoms with Crippen LogP contribution >= 0.6 is 11.3 Å². The summed E-state index contributed by atoms with van der Waals surface area (Å²) in [7, 11) is 0. The second-order valence-electron chi connectivity index (χ2n) is 6.00. The molecule has 3 aromatic rings. The Bertz CT molecular complexity index is 869. The van der Waals surface area contributed by atoms with Crippen molar-refractivity contribution in [1.82, 2.24) is 9.97 Å². The van der Waals surface area contributed by atoms with Gasteiger partial charge >= 0.3 is 0 Å². The lowest BCUT2D eigenvalue weighted by Crippen LogP contribution is -1.91. The van der Waals surface area contributed by atoms with Gasteiger partial charge in [-0.25, -0.2) is 4.98 Å². The fraction of sp³-hybridized carbons (Fsp3) is 0.250. The number of thiazole rings is 1. The van der Waals surface area contributed by atoms with Gasteiger partial charge in [-0.15, -0.1) is 0 Å². The average molecular weight is 350 g/mol. The molecule has 0 atom stereocenters. The molecule has 5 heteroatoms. The van der Waals surface area contributed by atoms with Crippen LogP contribution in [0.15, 0.2) is 47.8 Å². The lowest BCUT2D eigenvalue weighted by molar-refractivity contribution is 0.938. The van der Waals surface area contributed by atoms with Crippen molar-refractivity contribution in [2.45, 2.75) is 33.6 Å². The summed E-state index contributed by atoms with van der Waals surface area (Å²) in [6.45, 7) is 6.47. The predicted octanol–water partition coefficient (Wildman–Crippen LogP) is 5.22. The van der Waals surface area contributed by atoms with Gasteiger partial charge in [0.15, 0.2) is 0 Å². The predicted molar refractivity (Wildman–Crippen MR) is 106 cm³/mol. The molecule has 25 heavy (non-hydrogen) atoms. The van der Waals surface area contributed by atoms with Crippen LogP contribution in [0.25, 0.3) is 11.3 Å². The van der Waals surface area contributed by atoms with E-state index in [0.29, 0.717) is 0 Å². The zero-order valence-corrected chi connectivity index (χ0v) is 15.6. The van der Waals surface area contributed by atoms with Crippen LogP contribution in [0, 0.1) is 13.8 Å². The Kier molecular flexibility index (Phi) is 5.56. The van der Waals surface area contributed by atoms with Crippen LogP contribution in [-0.4, -0.2) is 16.2 Å². The highest BCUT2D eigenvalue weighted by molar-refractivity contribution is 7.16. The summed E-state index contributed by atoms with van der Waals surface area (Å²) in [6.07, 6.45) is 7.39. The van der Waals surface area contributed by atoms with Crippen LogP contribution in [0.1, 0.15) is 34.9 Å². The van der Waals surface area contributed by atoms with E-state index >= 15 is 0 Å². The van der Waals surface area contributed by atoms with E-state index in [-0.39, 0.29) is 0 Å². The first kappa shape index (κ1) is 17.3. The molecule has 0 radical (unpaired) electrons. The highest BCUT2D eigenvalue weighted by atomic mass is 32.1. The van der Waals surface area contributed by atoms with Crippen molar-refractivity contribution >= 4 is 22.7 Å². The fourth-order valence-corrected chi connectivity index (χ4v) is 3.56. The number of hydrogen-bond acceptors (Lipinski definition) is 5. The van der Waals surface area contributed by atoms with Crippen molar-refractivity contribution in [2.75, 3.05) is 5.43 Å². The van der Waals surface area contributed by atoms with Crippen LogP contribution < -0.4 is 5.43 Å². The summed E-state index contributed by atoms with van der Waals surface area (Å²) in [5.74, 6) is 0. The molecule has 4 nitrogen and oxygen atoms in total. The molecule has 0 saturated heterocycles. The Hall–Kier alpha value is -2.53. The third-order valence-corrected chi connectivity index (χ3v) is 5.03. The number of aryl methyl sites for hydroxylation is 3. The number of rotatable bonds is 6. The third kappa shape index (κ3) is 4.31.